The number of carbonyl (C=O) groups excluding carboxylic acids is 1. The van der Waals surface area contributed by atoms with Crippen LogP contribution in [0.1, 0.15) is 38.8 Å². The molecule has 23 heavy (non-hydrogen) atoms. The van der Waals surface area contributed by atoms with E-state index in [-0.39, 0.29) is 18.1 Å². The molecule has 0 aliphatic heterocycles. The third-order valence-electron chi connectivity index (χ3n) is 3.40. The van der Waals surface area contributed by atoms with E-state index in [9.17, 15) is 13.2 Å². The molecule has 0 aliphatic carbocycles. The fraction of sp³-hybridized carbons (Fsp3) is 0.600. The molecule has 1 aromatic heterocycles. The first-order chi connectivity index (χ1) is 10.7. The number of nitrogens with one attached hydrogen (secondary N) is 2. The van der Waals surface area contributed by atoms with E-state index in [2.05, 4.69) is 15.6 Å². The van der Waals surface area contributed by atoms with Gasteiger partial charge in [0.05, 0.1) is 12.3 Å². The number of hydrogen-bond acceptors (Lipinski definition) is 4. The molecule has 0 fully saturated rings. The summed E-state index contributed by atoms with van der Waals surface area (Å²) in [5.41, 5.74) is 0.971. The lowest BCUT2D eigenvalue weighted by atomic mass is 10.1. The standard InChI is InChI=1S/C15H26N4O3S/c1-12(2)19(23(4,21)22)11-5-8-17-15(20)18-13(3)14-6-9-16-10-7-14/h6-7,9-10,12-13H,5,8,11H2,1-4H3,(H2,17,18,20)/t13-/m1/s1. The Balaban J connectivity index is 2.34. The van der Waals surface area contributed by atoms with E-state index < -0.39 is 10.0 Å². The molecular weight excluding hydrogens is 316 g/mol. The van der Waals surface area contributed by atoms with Crippen molar-refractivity contribution in [2.45, 2.75) is 39.3 Å². The van der Waals surface area contributed by atoms with Crippen LogP contribution >= 0.6 is 0 Å². The summed E-state index contributed by atoms with van der Waals surface area (Å²) in [5, 5.41) is 5.57. The van der Waals surface area contributed by atoms with E-state index in [4.69, 9.17) is 0 Å². The molecule has 2 N–H and O–H groups in total. The van der Waals surface area contributed by atoms with Gasteiger partial charge in [0.1, 0.15) is 0 Å². The first-order valence-corrected chi connectivity index (χ1v) is 9.47. The van der Waals surface area contributed by atoms with Crippen molar-refractivity contribution in [1.29, 1.82) is 0 Å². The second-order valence-corrected chi connectivity index (χ2v) is 7.66. The summed E-state index contributed by atoms with van der Waals surface area (Å²) >= 11 is 0. The van der Waals surface area contributed by atoms with Gasteiger partial charge < -0.3 is 10.6 Å². The van der Waals surface area contributed by atoms with Crippen molar-refractivity contribution in [3.63, 3.8) is 0 Å². The number of hydrogen-bond donors (Lipinski definition) is 2. The minimum absolute atomic E-state index is 0.0921. The lowest BCUT2D eigenvalue weighted by Crippen LogP contribution is -2.40. The Morgan fingerprint density at radius 1 is 1.26 bits per heavy atom. The summed E-state index contributed by atoms with van der Waals surface area (Å²) in [6.45, 7) is 6.35. The third-order valence-corrected chi connectivity index (χ3v) is 4.85. The number of pyridine rings is 1. The minimum atomic E-state index is -3.22. The lowest BCUT2D eigenvalue weighted by Gasteiger charge is -2.24. The predicted molar refractivity (Wildman–Crippen MR) is 90.5 cm³/mol. The number of urea groups is 1. The van der Waals surface area contributed by atoms with Gasteiger partial charge in [0, 0.05) is 31.5 Å². The van der Waals surface area contributed by atoms with Crippen LogP contribution in [0.25, 0.3) is 0 Å². The third kappa shape index (κ3) is 6.96. The van der Waals surface area contributed by atoms with Crippen LogP contribution < -0.4 is 10.6 Å². The molecule has 8 heteroatoms. The van der Waals surface area contributed by atoms with Crippen molar-refractivity contribution >= 4 is 16.1 Å². The van der Waals surface area contributed by atoms with Crippen LogP contribution in [0, 0.1) is 0 Å². The van der Waals surface area contributed by atoms with E-state index in [1.54, 1.807) is 12.4 Å². The molecule has 0 saturated carbocycles. The first kappa shape index (κ1) is 19.4. The van der Waals surface area contributed by atoms with Gasteiger partial charge in [-0.1, -0.05) is 0 Å². The van der Waals surface area contributed by atoms with Gasteiger partial charge in [-0.2, -0.15) is 4.31 Å². The maximum atomic E-state index is 11.8. The molecule has 130 valence electrons. The second-order valence-electron chi connectivity index (χ2n) is 5.72. The van der Waals surface area contributed by atoms with Crippen LogP contribution in [0.15, 0.2) is 24.5 Å². The van der Waals surface area contributed by atoms with Crippen LogP contribution in [0.3, 0.4) is 0 Å². The quantitative estimate of drug-likeness (QED) is 0.701. The summed E-state index contributed by atoms with van der Waals surface area (Å²) in [6, 6.07) is 3.20. The van der Waals surface area contributed by atoms with Gasteiger partial charge in [-0.3, -0.25) is 4.98 Å². The van der Waals surface area contributed by atoms with E-state index in [1.807, 2.05) is 32.9 Å². The maximum absolute atomic E-state index is 11.8. The average molecular weight is 342 g/mol. The second kappa shape index (κ2) is 8.83. The highest BCUT2D eigenvalue weighted by Gasteiger charge is 2.19. The molecule has 2 amide bonds. The molecule has 1 heterocycles. The Bertz CT molecular complexity index is 590. The van der Waals surface area contributed by atoms with E-state index >= 15 is 0 Å². The Hall–Kier alpha value is -1.67. The molecule has 1 rings (SSSR count). The van der Waals surface area contributed by atoms with Crippen molar-refractivity contribution in [3.8, 4) is 0 Å². The zero-order valence-electron chi connectivity index (χ0n) is 14.1. The van der Waals surface area contributed by atoms with Gasteiger partial charge >= 0.3 is 6.03 Å². The number of nitrogens with zero attached hydrogens (tertiary/aromatic N) is 2. The molecule has 0 saturated heterocycles. The number of aromatic nitrogens is 1. The summed E-state index contributed by atoms with van der Waals surface area (Å²) in [7, 11) is -3.22. The van der Waals surface area contributed by atoms with Gasteiger partial charge in [0.2, 0.25) is 10.0 Å². The lowest BCUT2D eigenvalue weighted by molar-refractivity contribution is 0.237. The molecule has 1 atom stereocenters. The molecular formula is C15H26N4O3S. The summed E-state index contributed by atoms with van der Waals surface area (Å²) in [6.07, 6.45) is 5.11. The van der Waals surface area contributed by atoms with Crippen molar-refractivity contribution < 1.29 is 13.2 Å². The topological polar surface area (TPSA) is 91.4 Å². The monoisotopic (exact) mass is 342 g/mol. The SMILES string of the molecule is CC(C)N(CCCNC(=O)N[C@H](C)c1ccncc1)S(C)(=O)=O. The molecule has 0 aromatic carbocycles. The van der Waals surface area contributed by atoms with E-state index in [1.165, 1.54) is 10.6 Å². The van der Waals surface area contributed by atoms with Gasteiger partial charge in [0.15, 0.2) is 0 Å². The fourth-order valence-electron chi connectivity index (χ4n) is 2.23. The van der Waals surface area contributed by atoms with E-state index in [0.717, 1.165) is 5.56 Å². The van der Waals surface area contributed by atoms with Crippen molar-refractivity contribution in [1.82, 2.24) is 19.9 Å². The highest BCUT2D eigenvalue weighted by Crippen LogP contribution is 2.09. The molecule has 0 unspecified atom stereocenters. The Labute approximate surface area is 138 Å². The Morgan fingerprint density at radius 2 is 1.87 bits per heavy atom. The zero-order chi connectivity index (χ0) is 17.5. The van der Waals surface area contributed by atoms with Crippen LogP contribution in [-0.4, -0.2) is 49.1 Å². The molecule has 0 aliphatic rings. The van der Waals surface area contributed by atoms with Gasteiger partial charge in [-0.15, -0.1) is 0 Å². The van der Waals surface area contributed by atoms with Crippen LogP contribution in [0.2, 0.25) is 0 Å². The average Bonchev–Trinajstić information content (AvgIpc) is 2.46. The number of amides is 2. The van der Waals surface area contributed by atoms with Gasteiger partial charge in [-0.05, 0) is 44.9 Å². The number of sulfonamides is 1. The zero-order valence-corrected chi connectivity index (χ0v) is 14.9. The van der Waals surface area contributed by atoms with Crippen molar-refractivity contribution in [2.75, 3.05) is 19.3 Å². The fourth-order valence-corrected chi connectivity index (χ4v) is 3.45. The van der Waals surface area contributed by atoms with Crippen LogP contribution in [0.4, 0.5) is 4.79 Å². The highest BCUT2D eigenvalue weighted by molar-refractivity contribution is 7.88. The predicted octanol–water partition coefficient (Wildman–Crippen LogP) is 1.50. The first-order valence-electron chi connectivity index (χ1n) is 7.63. The molecule has 0 spiro atoms. The van der Waals surface area contributed by atoms with E-state index in [0.29, 0.717) is 19.5 Å². The largest absolute Gasteiger partial charge is 0.338 e. The Kier molecular flexibility index (Phi) is 7.44. The van der Waals surface area contributed by atoms with Crippen molar-refractivity contribution in [3.05, 3.63) is 30.1 Å². The molecule has 0 bridgehead atoms. The molecule has 0 radical (unpaired) electrons. The van der Waals surface area contributed by atoms with Crippen LogP contribution in [-0.2, 0) is 10.0 Å². The maximum Gasteiger partial charge on any atom is 0.315 e. The summed E-state index contributed by atoms with van der Waals surface area (Å²) in [5.74, 6) is 0. The summed E-state index contributed by atoms with van der Waals surface area (Å²) in [4.78, 5) is 15.8. The van der Waals surface area contributed by atoms with Gasteiger partial charge in [-0.25, -0.2) is 13.2 Å². The number of rotatable bonds is 8. The normalized spacial score (nSPS) is 13.1. The highest BCUT2D eigenvalue weighted by atomic mass is 32.2. The molecule has 1 aromatic rings. The van der Waals surface area contributed by atoms with Crippen LogP contribution in [0.5, 0.6) is 0 Å². The smallest absolute Gasteiger partial charge is 0.315 e. The number of carbonyl (C=O) groups is 1. The Morgan fingerprint density at radius 3 is 2.39 bits per heavy atom. The minimum Gasteiger partial charge on any atom is -0.338 e. The summed E-state index contributed by atoms with van der Waals surface area (Å²) < 4.78 is 24.7. The van der Waals surface area contributed by atoms with Gasteiger partial charge in [0.25, 0.3) is 0 Å². The van der Waals surface area contributed by atoms with Crippen molar-refractivity contribution in [2.24, 2.45) is 0 Å². The molecule has 7 nitrogen and oxygen atoms in total.